The summed E-state index contributed by atoms with van der Waals surface area (Å²) in [5.74, 6) is 1.19. The Morgan fingerprint density at radius 3 is 2.62 bits per heavy atom. The fourth-order valence-electron chi connectivity index (χ4n) is 2.16. The van der Waals surface area contributed by atoms with Gasteiger partial charge in [0.15, 0.2) is 0 Å². The molecule has 0 spiro atoms. The highest BCUT2D eigenvalue weighted by Crippen LogP contribution is 2.34. The first-order valence-electron chi connectivity index (χ1n) is 6.63. The van der Waals surface area contributed by atoms with Crippen LogP contribution >= 0.6 is 24.0 Å². The van der Waals surface area contributed by atoms with Gasteiger partial charge >= 0.3 is 0 Å². The maximum Gasteiger partial charge on any atom is 0.117 e. The van der Waals surface area contributed by atoms with Gasteiger partial charge in [0.1, 0.15) is 10.7 Å². The van der Waals surface area contributed by atoms with Crippen LogP contribution in [0.25, 0.3) is 0 Å². The molecule has 5 heteroatoms. The zero-order chi connectivity index (χ0) is 15.4. The predicted molar refractivity (Wildman–Crippen MR) is 94.9 cm³/mol. The van der Waals surface area contributed by atoms with E-state index >= 15 is 0 Å². The van der Waals surface area contributed by atoms with Crippen LogP contribution in [0.2, 0.25) is 0 Å². The van der Waals surface area contributed by atoms with E-state index in [4.69, 9.17) is 18.0 Å². The molecule has 0 saturated carbocycles. The summed E-state index contributed by atoms with van der Waals surface area (Å²) in [7, 11) is 1.94. The van der Waals surface area contributed by atoms with Crippen molar-refractivity contribution in [1.82, 2.24) is 0 Å². The average molecular weight is 318 g/mol. The van der Waals surface area contributed by atoms with E-state index in [0.29, 0.717) is 4.99 Å². The topological polar surface area (TPSA) is 49.5 Å². The molecule has 0 radical (unpaired) electrons. The zero-order valence-electron chi connectivity index (χ0n) is 12.0. The Hall–Kier alpha value is -1.72. The molecule has 110 valence electrons. The van der Waals surface area contributed by atoms with E-state index in [2.05, 4.69) is 6.92 Å². The van der Waals surface area contributed by atoms with Gasteiger partial charge in [-0.3, -0.25) is 0 Å². The lowest BCUT2D eigenvalue weighted by Crippen LogP contribution is -2.18. The number of hydrogen-bond donors (Lipinski definition) is 2. The van der Waals surface area contributed by atoms with E-state index in [-0.39, 0.29) is 5.75 Å². The first-order valence-corrected chi connectivity index (χ1v) is 8.02. The average Bonchev–Trinajstić information content (AvgIpc) is 2.46. The lowest BCUT2D eigenvalue weighted by molar-refractivity contribution is 0.475. The van der Waals surface area contributed by atoms with Crippen molar-refractivity contribution >= 4 is 40.3 Å². The molecule has 0 amide bonds. The van der Waals surface area contributed by atoms with Crippen molar-refractivity contribution in [3.05, 3.63) is 48.0 Å². The number of thioether (sulfide) groups is 1. The van der Waals surface area contributed by atoms with Crippen molar-refractivity contribution in [1.29, 1.82) is 0 Å². The van der Waals surface area contributed by atoms with Crippen LogP contribution in [0, 0.1) is 0 Å². The second-order valence-corrected chi connectivity index (χ2v) is 6.27. The summed E-state index contributed by atoms with van der Waals surface area (Å²) in [4.78, 5) is 3.44. The summed E-state index contributed by atoms with van der Waals surface area (Å²) < 4.78 is 0. The molecule has 0 bridgehead atoms. The van der Waals surface area contributed by atoms with E-state index in [1.807, 2.05) is 42.3 Å². The van der Waals surface area contributed by atoms with Crippen molar-refractivity contribution in [2.75, 3.05) is 17.7 Å². The zero-order valence-corrected chi connectivity index (χ0v) is 13.7. The van der Waals surface area contributed by atoms with E-state index in [1.54, 1.807) is 23.9 Å². The number of nitrogens with two attached hydrogens (primary N) is 1. The molecule has 0 aliphatic heterocycles. The lowest BCUT2D eigenvalue weighted by Gasteiger charge is -2.24. The highest BCUT2D eigenvalue weighted by atomic mass is 32.2. The van der Waals surface area contributed by atoms with Gasteiger partial charge in [0.05, 0.1) is 5.69 Å². The van der Waals surface area contributed by atoms with Gasteiger partial charge < -0.3 is 15.7 Å². The molecule has 0 aliphatic rings. The normalized spacial score (nSPS) is 10.4. The fraction of sp³-hybridized carbons (Fsp3) is 0.188. The summed E-state index contributed by atoms with van der Waals surface area (Å²) in [6, 6.07) is 13.1. The van der Waals surface area contributed by atoms with Crippen molar-refractivity contribution < 1.29 is 5.11 Å². The molecule has 0 atom stereocenters. The van der Waals surface area contributed by atoms with Crippen molar-refractivity contribution in [2.24, 2.45) is 5.73 Å². The van der Waals surface area contributed by atoms with E-state index in [1.165, 1.54) is 0 Å². The second-order valence-electron chi connectivity index (χ2n) is 4.53. The molecule has 2 aromatic rings. The Morgan fingerprint density at radius 2 is 2.00 bits per heavy atom. The van der Waals surface area contributed by atoms with E-state index in [9.17, 15) is 5.11 Å². The molecular weight excluding hydrogens is 300 g/mol. The summed E-state index contributed by atoms with van der Waals surface area (Å²) in [5.41, 5.74) is 8.63. The van der Waals surface area contributed by atoms with Crippen LogP contribution in [0.15, 0.2) is 47.4 Å². The third kappa shape index (κ3) is 3.49. The van der Waals surface area contributed by atoms with Crippen LogP contribution in [-0.4, -0.2) is 22.9 Å². The summed E-state index contributed by atoms with van der Waals surface area (Å²) in [6.45, 7) is 2.10. The standard InChI is InChI=1S/C16H18N2OS2/c1-3-21-14-9-5-8-13(15(14)16(17)20)18(2)11-6-4-7-12(19)10-11/h4-10,19H,3H2,1-2H3,(H2,17,20). The number of rotatable bonds is 5. The molecule has 0 saturated heterocycles. The van der Waals surface area contributed by atoms with Crippen LogP contribution in [0.1, 0.15) is 12.5 Å². The monoisotopic (exact) mass is 318 g/mol. The Kier molecular flexibility index (Phi) is 5.09. The van der Waals surface area contributed by atoms with Gasteiger partial charge in [-0.05, 0) is 30.0 Å². The first-order chi connectivity index (χ1) is 10.0. The van der Waals surface area contributed by atoms with Crippen LogP contribution in [0.3, 0.4) is 0 Å². The smallest absolute Gasteiger partial charge is 0.117 e. The predicted octanol–water partition coefficient (Wildman–Crippen LogP) is 3.91. The number of phenolic OH excluding ortho intramolecular Hbond substituents is 1. The number of benzene rings is 2. The molecule has 0 aliphatic carbocycles. The largest absolute Gasteiger partial charge is 0.508 e. The van der Waals surface area contributed by atoms with Crippen molar-refractivity contribution in [3.63, 3.8) is 0 Å². The van der Waals surface area contributed by atoms with Crippen LogP contribution in [0.4, 0.5) is 11.4 Å². The summed E-state index contributed by atoms with van der Waals surface area (Å²) in [5, 5.41) is 9.64. The number of nitrogens with zero attached hydrogens (tertiary/aromatic N) is 1. The number of anilines is 2. The number of aromatic hydroxyl groups is 1. The lowest BCUT2D eigenvalue weighted by atomic mass is 10.1. The summed E-state index contributed by atoms with van der Waals surface area (Å²) in [6.07, 6.45) is 0. The number of hydrogen-bond acceptors (Lipinski definition) is 4. The highest BCUT2D eigenvalue weighted by molar-refractivity contribution is 7.99. The SMILES string of the molecule is CCSc1cccc(N(C)c2cccc(O)c2)c1C(N)=S. The Bertz CT molecular complexity index is 658. The minimum absolute atomic E-state index is 0.232. The van der Waals surface area contributed by atoms with Gasteiger partial charge in [0.25, 0.3) is 0 Å². The van der Waals surface area contributed by atoms with E-state index < -0.39 is 0 Å². The Balaban J connectivity index is 2.52. The Labute approximate surface area is 134 Å². The molecule has 0 aromatic heterocycles. The van der Waals surface area contributed by atoms with Crippen molar-refractivity contribution in [2.45, 2.75) is 11.8 Å². The van der Waals surface area contributed by atoms with Crippen LogP contribution in [-0.2, 0) is 0 Å². The van der Waals surface area contributed by atoms with Gasteiger partial charge in [0, 0.05) is 29.3 Å². The van der Waals surface area contributed by atoms with Gasteiger partial charge in [-0.25, -0.2) is 0 Å². The van der Waals surface area contributed by atoms with E-state index in [0.717, 1.165) is 27.6 Å². The number of thiocarbonyl (C=S) groups is 1. The minimum Gasteiger partial charge on any atom is -0.508 e. The van der Waals surface area contributed by atoms with Gasteiger partial charge in [-0.2, -0.15) is 0 Å². The van der Waals surface area contributed by atoms with Crippen molar-refractivity contribution in [3.8, 4) is 5.75 Å². The molecule has 3 N–H and O–H groups in total. The quantitative estimate of drug-likeness (QED) is 0.647. The third-order valence-electron chi connectivity index (χ3n) is 3.13. The van der Waals surface area contributed by atoms with Gasteiger partial charge in [-0.15, -0.1) is 11.8 Å². The fourth-order valence-corrected chi connectivity index (χ4v) is 3.29. The molecule has 0 fully saturated rings. The third-order valence-corrected chi connectivity index (χ3v) is 4.27. The number of phenols is 1. The molecule has 2 aromatic carbocycles. The molecule has 21 heavy (non-hydrogen) atoms. The molecule has 0 heterocycles. The molecule has 3 nitrogen and oxygen atoms in total. The summed E-state index contributed by atoms with van der Waals surface area (Å²) >= 11 is 6.95. The maximum atomic E-state index is 9.64. The second kappa shape index (κ2) is 6.83. The molecular formula is C16H18N2OS2. The maximum absolute atomic E-state index is 9.64. The highest BCUT2D eigenvalue weighted by Gasteiger charge is 2.15. The van der Waals surface area contributed by atoms with Crippen LogP contribution in [0.5, 0.6) is 5.75 Å². The molecule has 2 rings (SSSR count). The minimum atomic E-state index is 0.232. The van der Waals surface area contributed by atoms with Crippen LogP contribution < -0.4 is 10.6 Å². The first kappa shape index (κ1) is 15.7. The van der Waals surface area contributed by atoms with Gasteiger partial charge in [0.2, 0.25) is 0 Å². The van der Waals surface area contributed by atoms with Gasteiger partial charge in [-0.1, -0.05) is 31.3 Å². The Morgan fingerprint density at radius 1 is 1.29 bits per heavy atom. The molecule has 0 unspecified atom stereocenters.